The lowest BCUT2D eigenvalue weighted by molar-refractivity contribution is -0.0884. The van der Waals surface area contributed by atoms with E-state index in [1.54, 1.807) is 4.57 Å². The molecule has 34 heavy (non-hydrogen) atoms. The summed E-state index contributed by atoms with van der Waals surface area (Å²) in [5.74, 6) is -1.82. The molecule has 0 aliphatic heterocycles. The first kappa shape index (κ1) is 31.9. The molecule has 2 aromatic rings. The van der Waals surface area contributed by atoms with Crippen molar-refractivity contribution in [3.05, 3.63) is 42.2 Å². The first-order valence-electron chi connectivity index (χ1n) is 12.6. The molecule has 0 aliphatic carbocycles. The SMILES string of the molecule is C/C=C\C.CCCCN(CCC)CCC.CCCCn1cc(C(=O)C(F)(F)F)c2cccnc21. The van der Waals surface area contributed by atoms with E-state index in [1.807, 2.05) is 32.9 Å². The van der Waals surface area contributed by atoms with Crippen molar-refractivity contribution >= 4 is 16.8 Å². The summed E-state index contributed by atoms with van der Waals surface area (Å²) >= 11 is 0. The lowest BCUT2D eigenvalue weighted by Crippen LogP contribution is -2.26. The second-order valence-corrected chi connectivity index (χ2v) is 8.15. The van der Waals surface area contributed by atoms with Gasteiger partial charge in [-0.3, -0.25) is 4.79 Å². The van der Waals surface area contributed by atoms with Crippen LogP contribution in [0.1, 0.15) is 90.4 Å². The van der Waals surface area contributed by atoms with Crippen molar-refractivity contribution in [3.63, 3.8) is 0 Å². The number of pyridine rings is 1. The van der Waals surface area contributed by atoms with Gasteiger partial charge >= 0.3 is 6.18 Å². The summed E-state index contributed by atoms with van der Waals surface area (Å²) in [7, 11) is 0. The Morgan fingerprint density at radius 2 is 1.56 bits per heavy atom. The number of carbonyl (C=O) groups excluding carboxylic acids is 1. The van der Waals surface area contributed by atoms with Crippen molar-refractivity contribution in [2.24, 2.45) is 0 Å². The normalized spacial score (nSPS) is 11.4. The van der Waals surface area contributed by atoms with Gasteiger partial charge in [0.1, 0.15) is 5.65 Å². The zero-order valence-electron chi connectivity index (χ0n) is 21.9. The highest BCUT2D eigenvalue weighted by Gasteiger charge is 2.40. The number of rotatable bonds is 11. The van der Waals surface area contributed by atoms with E-state index >= 15 is 0 Å². The topological polar surface area (TPSA) is 38.1 Å². The Labute approximate surface area is 204 Å². The maximum Gasteiger partial charge on any atom is 0.454 e. The molecule has 0 amide bonds. The highest BCUT2D eigenvalue weighted by molar-refractivity contribution is 6.10. The van der Waals surface area contributed by atoms with Crippen molar-refractivity contribution in [2.75, 3.05) is 19.6 Å². The van der Waals surface area contributed by atoms with E-state index in [9.17, 15) is 18.0 Å². The number of hydrogen-bond donors (Lipinski definition) is 0. The minimum atomic E-state index is -4.86. The van der Waals surface area contributed by atoms with Crippen LogP contribution in [0.3, 0.4) is 0 Å². The van der Waals surface area contributed by atoms with Crippen LogP contribution in [0.15, 0.2) is 36.7 Å². The highest BCUT2D eigenvalue weighted by atomic mass is 19.4. The summed E-state index contributed by atoms with van der Waals surface area (Å²) in [6, 6.07) is 3.02. The highest BCUT2D eigenvalue weighted by Crippen LogP contribution is 2.27. The van der Waals surface area contributed by atoms with Crippen LogP contribution in [0.5, 0.6) is 0 Å². The van der Waals surface area contributed by atoms with Crippen LogP contribution >= 0.6 is 0 Å². The van der Waals surface area contributed by atoms with Crippen LogP contribution in [0.2, 0.25) is 0 Å². The number of nitrogens with zero attached hydrogens (tertiary/aromatic N) is 3. The minimum absolute atomic E-state index is 0.251. The van der Waals surface area contributed by atoms with Crippen molar-refractivity contribution in [1.82, 2.24) is 14.5 Å². The van der Waals surface area contributed by atoms with Gasteiger partial charge in [0.15, 0.2) is 0 Å². The molecule has 194 valence electrons. The van der Waals surface area contributed by atoms with E-state index < -0.39 is 12.0 Å². The van der Waals surface area contributed by atoms with Gasteiger partial charge in [-0.1, -0.05) is 52.7 Å². The molecule has 4 nitrogen and oxygen atoms in total. The summed E-state index contributed by atoms with van der Waals surface area (Å²) in [6.45, 7) is 17.2. The molecular weight excluding hydrogens is 439 g/mol. The number of allylic oxidation sites excluding steroid dienone is 2. The van der Waals surface area contributed by atoms with Gasteiger partial charge < -0.3 is 9.47 Å². The molecule has 0 bridgehead atoms. The summed E-state index contributed by atoms with van der Waals surface area (Å²) in [6.07, 6.45) is 8.90. The number of alkyl halides is 3. The number of Topliss-reactive ketones (excluding diaryl/α,β-unsaturated/α-hetero) is 1. The average molecular weight is 484 g/mol. The molecule has 0 saturated carbocycles. The molecule has 2 aromatic heterocycles. The second kappa shape index (κ2) is 18.2. The predicted octanol–water partition coefficient (Wildman–Crippen LogP) is 8.07. The van der Waals surface area contributed by atoms with E-state index in [0.29, 0.717) is 12.2 Å². The number of hydrogen-bond acceptors (Lipinski definition) is 3. The van der Waals surface area contributed by atoms with Gasteiger partial charge in [0.05, 0.1) is 5.56 Å². The quantitative estimate of drug-likeness (QED) is 0.239. The third-order valence-corrected chi connectivity index (χ3v) is 5.13. The van der Waals surface area contributed by atoms with Crippen LogP contribution in [-0.4, -0.2) is 46.0 Å². The van der Waals surface area contributed by atoms with Crippen LogP contribution in [-0.2, 0) is 6.54 Å². The predicted molar refractivity (Wildman–Crippen MR) is 137 cm³/mol. The Hall–Kier alpha value is -2.15. The Kier molecular flexibility index (Phi) is 17.1. The average Bonchev–Trinajstić information content (AvgIpc) is 3.19. The van der Waals surface area contributed by atoms with Gasteiger partial charge in [0.2, 0.25) is 0 Å². The number of ketones is 1. The second-order valence-electron chi connectivity index (χ2n) is 8.15. The number of carbonyl (C=O) groups is 1. The van der Waals surface area contributed by atoms with Crippen molar-refractivity contribution in [2.45, 2.75) is 92.8 Å². The molecule has 7 heteroatoms. The molecule has 0 fully saturated rings. The first-order chi connectivity index (χ1) is 16.2. The van der Waals surface area contributed by atoms with Gasteiger partial charge in [0, 0.05) is 24.3 Å². The summed E-state index contributed by atoms with van der Waals surface area (Å²) in [4.78, 5) is 18.0. The van der Waals surface area contributed by atoms with E-state index in [0.717, 1.165) is 12.8 Å². The Bertz CT molecular complexity index is 818. The molecule has 0 N–H and O–H groups in total. The van der Waals surface area contributed by atoms with E-state index in [1.165, 1.54) is 69.8 Å². The zero-order chi connectivity index (χ0) is 26.0. The minimum Gasteiger partial charge on any atom is -0.332 e. The third-order valence-electron chi connectivity index (χ3n) is 5.13. The number of halogens is 3. The van der Waals surface area contributed by atoms with Crippen molar-refractivity contribution in [3.8, 4) is 0 Å². The molecule has 0 atom stereocenters. The van der Waals surface area contributed by atoms with Crippen LogP contribution < -0.4 is 0 Å². The van der Waals surface area contributed by atoms with Gasteiger partial charge in [0.25, 0.3) is 5.78 Å². The standard InChI is InChI=1S/C13H13F3N2O.C10H23N.C4H8/c1-2-3-7-18-8-10(11(19)13(14,15)16)9-5-4-6-17-12(9)18;1-4-7-10-11(8-5-2)9-6-3;1-3-4-2/h4-6,8H,2-3,7H2,1H3;4-10H2,1-3H3;3-4H,1-2H3/b;;4-3-. The van der Waals surface area contributed by atoms with Gasteiger partial charge in [-0.25, -0.2) is 4.98 Å². The third kappa shape index (κ3) is 11.8. The molecule has 0 aromatic carbocycles. The van der Waals surface area contributed by atoms with Crippen molar-refractivity contribution < 1.29 is 18.0 Å². The summed E-state index contributed by atoms with van der Waals surface area (Å²) < 4.78 is 39.2. The molecular formula is C27H44F3N3O. The fraction of sp³-hybridized carbons (Fsp3) is 0.630. The molecule has 0 aliphatic rings. The monoisotopic (exact) mass is 483 g/mol. The van der Waals surface area contributed by atoms with Gasteiger partial charge in [-0.2, -0.15) is 13.2 Å². The number of unbranched alkanes of at least 4 members (excludes halogenated alkanes) is 2. The fourth-order valence-electron chi connectivity index (χ4n) is 3.30. The number of fused-ring (bicyclic) bond motifs is 1. The van der Waals surface area contributed by atoms with Crippen LogP contribution in [0, 0.1) is 0 Å². The summed E-state index contributed by atoms with van der Waals surface area (Å²) in [5, 5.41) is 0.251. The van der Waals surface area contributed by atoms with Gasteiger partial charge in [-0.15, -0.1) is 0 Å². The van der Waals surface area contributed by atoms with E-state index in [4.69, 9.17) is 0 Å². The first-order valence-corrected chi connectivity index (χ1v) is 12.6. The number of aryl methyl sites for hydroxylation is 1. The zero-order valence-corrected chi connectivity index (χ0v) is 21.9. The largest absolute Gasteiger partial charge is 0.454 e. The van der Waals surface area contributed by atoms with Crippen LogP contribution in [0.25, 0.3) is 11.0 Å². The lowest BCUT2D eigenvalue weighted by atomic mass is 10.1. The molecule has 0 saturated heterocycles. The summed E-state index contributed by atoms with van der Waals surface area (Å²) in [5.41, 5.74) is 0.0928. The molecule has 0 unspecified atom stereocenters. The Balaban J connectivity index is 0.000000616. The van der Waals surface area contributed by atoms with Crippen molar-refractivity contribution in [1.29, 1.82) is 0 Å². The maximum atomic E-state index is 12.5. The molecule has 0 spiro atoms. The van der Waals surface area contributed by atoms with E-state index in [-0.39, 0.29) is 10.9 Å². The molecule has 0 radical (unpaired) electrons. The smallest absolute Gasteiger partial charge is 0.332 e. The maximum absolute atomic E-state index is 12.5. The fourth-order valence-corrected chi connectivity index (χ4v) is 3.30. The molecule has 2 rings (SSSR count). The Morgan fingerprint density at radius 3 is 2.03 bits per heavy atom. The molecule has 2 heterocycles. The lowest BCUT2D eigenvalue weighted by Gasteiger charge is -2.20. The Morgan fingerprint density at radius 1 is 0.971 bits per heavy atom. The van der Waals surface area contributed by atoms with E-state index in [2.05, 4.69) is 30.7 Å². The van der Waals surface area contributed by atoms with Gasteiger partial charge in [-0.05, 0) is 71.3 Å². The van der Waals surface area contributed by atoms with Crippen LogP contribution in [0.4, 0.5) is 13.2 Å². The number of aromatic nitrogens is 2.